The lowest BCUT2D eigenvalue weighted by Crippen LogP contribution is -2.29. The number of hydrogen-bond donors (Lipinski definition) is 2. The molecule has 7 heteroatoms. The molecule has 0 aliphatic heterocycles. The first-order chi connectivity index (χ1) is 15.5. The van der Waals surface area contributed by atoms with Crippen LogP contribution in [0.25, 0.3) is 16.6 Å². The molecule has 0 atom stereocenters. The highest BCUT2D eigenvalue weighted by atomic mass is 16.2. The van der Waals surface area contributed by atoms with Crippen molar-refractivity contribution in [3.63, 3.8) is 0 Å². The van der Waals surface area contributed by atoms with Crippen molar-refractivity contribution in [1.29, 1.82) is 0 Å². The molecule has 1 aliphatic rings. The third kappa shape index (κ3) is 4.29. The van der Waals surface area contributed by atoms with Crippen molar-refractivity contribution in [2.24, 2.45) is 5.92 Å². The molecule has 0 bridgehead atoms. The van der Waals surface area contributed by atoms with Gasteiger partial charge in [-0.05, 0) is 61.0 Å². The number of nitrogens with zero attached hydrogens (tertiary/aromatic N) is 3. The number of amides is 1. The Bertz CT molecular complexity index is 1340. The number of pyridine rings is 1. The number of aromatic amines is 1. The van der Waals surface area contributed by atoms with E-state index in [1.165, 1.54) is 35.4 Å². The van der Waals surface area contributed by atoms with Crippen LogP contribution in [0.4, 0.5) is 0 Å². The molecule has 164 valence electrons. The first-order valence-electron chi connectivity index (χ1n) is 11.1. The highest BCUT2D eigenvalue weighted by molar-refractivity contribution is 5.92. The van der Waals surface area contributed by atoms with Crippen LogP contribution in [-0.2, 0) is 13.1 Å². The minimum absolute atomic E-state index is 0.124. The standard InChI is InChI=1S/C25H27N5O2/c1-29(15-17-5-4-6-17)16-20-12-19-9-8-18(11-21(19)27-20)14-26-25(32)22-13-24(31)30-10-3-2-7-23(30)28-22/h2-3,7-13,17,27H,4-6,14-16H2,1H3,(H,26,32). The van der Waals surface area contributed by atoms with E-state index >= 15 is 0 Å². The Kier molecular flexibility index (Phi) is 5.49. The van der Waals surface area contributed by atoms with Crippen LogP contribution in [0, 0.1) is 5.92 Å². The van der Waals surface area contributed by atoms with Crippen molar-refractivity contribution >= 4 is 22.5 Å². The second kappa shape index (κ2) is 8.59. The van der Waals surface area contributed by atoms with Gasteiger partial charge in [0.15, 0.2) is 0 Å². The van der Waals surface area contributed by atoms with Gasteiger partial charge in [-0.1, -0.05) is 24.6 Å². The Morgan fingerprint density at radius 2 is 2.09 bits per heavy atom. The average Bonchev–Trinajstić information content (AvgIpc) is 3.16. The van der Waals surface area contributed by atoms with Gasteiger partial charge in [-0.25, -0.2) is 4.98 Å². The highest BCUT2D eigenvalue weighted by Crippen LogP contribution is 2.27. The van der Waals surface area contributed by atoms with Crippen LogP contribution in [0.5, 0.6) is 0 Å². The summed E-state index contributed by atoms with van der Waals surface area (Å²) in [5.74, 6) is 0.492. The first-order valence-corrected chi connectivity index (χ1v) is 11.1. The van der Waals surface area contributed by atoms with Gasteiger partial charge in [-0.3, -0.25) is 14.0 Å². The van der Waals surface area contributed by atoms with E-state index in [1.807, 2.05) is 6.07 Å². The maximum atomic E-state index is 12.6. The summed E-state index contributed by atoms with van der Waals surface area (Å²) in [7, 11) is 2.18. The zero-order valence-corrected chi connectivity index (χ0v) is 18.2. The molecule has 1 amide bonds. The minimum Gasteiger partial charge on any atom is -0.357 e. The fourth-order valence-corrected chi connectivity index (χ4v) is 4.34. The zero-order chi connectivity index (χ0) is 22.1. The van der Waals surface area contributed by atoms with E-state index in [-0.39, 0.29) is 17.2 Å². The fourth-order valence-electron chi connectivity index (χ4n) is 4.34. The molecule has 0 spiro atoms. The number of fused-ring (bicyclic) bond motifs is 2. The monoisotopic (exact) mass is 429 g/mol. The molecule has 0 unspecified atom stereocenters. The van der Waals surface area contributed by atoms with Gasteiger partial charge >= 0.3 is 0 Å². The lowest BCUT2D eigenvalue weighted by atomic mass is 9.85. The number of nitrogens with one attached hydrogen (secondary N) is 2. The Morgan fingerprint density at radius 1 is 1.22 bits per heavy atom. The molecular formula is C25H27N5O2. The van der Waals surface area contributed by atoms with Gasteiger partial charge < -0.3 is 15.2 Å². The highest BCUT2D eigenvalue weighted by Gasteiger charge is 2.19. The number of rotatable bonds is 7. The Morgan fingerprint density at radius 3 is 2.91 bits per heavy atom. The maximum Gasteiger partial charge on any atom is 0.270 e. The largest absolute Gasteiger partial charge is 0.357 e. The summed E-state index contributed by atoms with van der Waals surface area (Å²) in [6.07, 6.45) is 5.72. The van der Waals surface area contributed by atoms with E-state index in [4.69, 9.17) is 0 Å². The molecule has 5 rings (SSSR count). The van der Waals surface area contributed by atoms with Crippen LogP contribution in [0.3, 0.4) is 0 Å². The van der Waals surface area contributed by atoms with Gasteiger partial charge in [-0.2, -0.15) is 0 Å². The molecule has 1 aliphatic carbocycles. The summed E-state index contributed by atoms with van der Waals surface area (Å²) in [5, 5.41) is 4.04. The van der Waals surface area contributed by atoms with Gasteiger partial charge in [0.05, 0.1) is 0 Å². The summed E-state index contributed by atoms with van der Waals surface area (Å²) in [6, 6.07) is 14.9. The molecule has 1 fully saturated rings. The number of aromatic nitrogens is 3. The quantitative estimate of drug-likeness (QED) is 0.472. The summed E-state index contributed by atoms with van der Waals surface area (Å²) in [5.41, 5.74) is 3.55. The van der Waals surface area contributed by atoms with E-state index in [9.17, 15) is 9.59 Å². The topological polar surface area (TPSA) is 82.5 Å². The first kappa shape index (κ1) is 20.5. The number of H-pyrrole nitrogens is 1. The fraction of sp³-hybridized carbons (Fsp3) is 0.320. The number of benzene rings is 1. The predicted molar refractivity (Wildman–Crippen MR) is 125 cm³/mol. The maximum absolute atomic E-state index is 12.6. The summed E-state index contributed by atoms with van der Waals surface area (Å²) in [4.78, 5) is 35.0. The third-order valence-corrected chi connectivity index (χ3v) is 6.23. The normalized spacial score (nSPS) is 14.2. The van der Waals surface area contributed by atoms with E-state index in [2.05, 4.69) is 45.4 Å². The van der Waals surface area contributed by atoms with Crippen LogP contribution < -0.4 is 10.9 Å². The van der Waals surface area contributed by atoms with Crippen molar-refractivity contribution in [2.75, 3.05) is 13.6 Å². The number of carbonyl (C=O) groups excluding carboxylic acids is 1. The van der Waals surface area contributed by atoms with Gasteiger partial charge in [0.25, 0.3) is 11.5 Å². The molecule has 2 N–H and O–H groups in total. The van der Waals surface area contributed by atoms with Crippen LogP contribution in [0.15, 0.2) is 59.5 Å². The zero-order valence-electron chi connectivity index (χ0n) is 18.2. The predicted octanol–water partition coefficient (Wildman–Crippen LogP) is 3.34. The van der Waals surface area contributed by atoms with Gasteiger partial charge in [0, 0.05) is 43.1 Å². The molecule has 3 aromatic heterocycles. The molecule has 7 nitrogen and oxygen atoms in total. The summed E-state index contributed by atoms with van der Waals surface area (Å²) in [6.45, 7) is 2.42. The van der Waals surface area contributed by atoms with E-state index in [1.54, 1.807) is 24.4 Å². The summed E-state index contributed by atoms with van der Waals surface area (Å²) >= 11 is 0. The molecule has 4 aromatic rings. The van der Waals surface area contributed by atoms with Gasteiger partial charge in [-0.15, -0.1) is 0 Å². The molecule has 1 aromatic carbocycles. The number of hydrogen-bond acceptors (Lipinski definition) is 4. The van der Waals surface area contributed by atoms with Crippen LogP contribution in [0.1, 0.15) is 41.0 Å². The SMILES string of the molecule is CN(Cc1cc2ccc(CNC(=O)c3cc(=O)n4ccccc4n3)cc2[nH]1)CC1CCC1. The molecule has 3 heterocycles. The summed E-state index contributed by atoms with van der Waals surface area (Å²) < 4.78 is 1.41. The molecule has 32 heavy (non-hydrogen) atoms. The van der Waals surface area contributed by atoms with Crippen molar-refractivity contribution in [1.82, 2.24) is 24.6 Å². The number of carbonyl (C=O) groups is 1. The Hall–Kier alpha value is -3.45. The molecular weight excluding hydrogens is 402 g/mol. The Balaban J connectivity index is 1.25. The van der Waals surface area contributed by atoms with Crippen LogP contribution in [0.2, 0.25) is 0 Å². The lowest BCUT2D eigenvalue weighted by Gasteiger charge is -2.29. The second-order valence-electron chi connectivity index (χ2n) is 8.80. The smallest absolute Gasteiger partial charge is 0.270 e. The second-order valence-corrected chi connectivity index (χ2v) is 8.80. The Labute approximate surface area is 186 Å². The van der Waals surface area contributed by atoms with Crippen LogP contribution in [-0.4, -0.2) is 38.8 Å². The van der Waals surface area contributed by atoms with Crippen molar-refractivity contribution in [3.05, 3.63) is 82.0 Å². The molecule has 0 saturated heterocycles. The minimum atomic E-state index is -0.363. The lowest BCUT2D eigenvalue weighted by molar-refractivity contribution is 0.0946. The van der Waals surface area contributed by atoms with E-state index in [0.29, 0.717) is 12.2 Å². The van der Waals surface area contributed by atoms with Crippen molar-refractivity contribution < 1.29 is 4.79 Å². The average molecular weight is 430 g/mol. The van der Waals surface area contributed by atoms with E-state index < -0.39 is 0 Å². The molecule has 1 saturated carbocycles. The van der Waals surface area contributed by atoms with E-state index in [0.717, 1.165) is 35.5 Å². The van der Waals surface area contributed by atoms with Gasteiger partial charge in [0.1, 0.15) is 11.3 Å². The van der Waals surface area contributed by atoms with Crippen molar-refractivity contribution in [3.8, 4) is 0 Å². The third-order valence-electron chi connectivity index (χ3n) is 6.23. The molecule has 0 radical (unpaired) electrons. The van der Waals surface area contributed by atoms with Crippen molar-refractivity contribution in [2.45, 2.75) is 32.4 Å². The van der Waals surface area contributed by atoms with Crippen LogP contribution >= 0.6 is 0 Å². The van der Waals surface area contributed by atoms with Gasteiger partial charge in [0.2, 0.25) is 0 Å².